The third-order valence-electron chi connectivity index (χ3n) is 5.70. The fraction of sp³-hybridized carbons (Fsp3) is 0.409. The van der Waals surface area contributed by atoms with Crippen LogP contribution in [0.2, 0.25) is 0 Å². The zero-order valence-electron chi connectivity index (χ0n) is 16.5. The van der Waals surface area contributed by atoms with Crippen molar-refractivity contribution in [1.29, 1.82) is 0 Å². The number of carbonyl (C=O) groups excluding carboxylic acids is 1. The Morgan fingerprint density at radius 3 is 2.70 bits per heavy atom. The third-order valence-corrected chi connectivity index (χ3v) is 5.70. The number of hydrogen-bond donors (Lipinski definition) is 0. The average molecular weight is 362 g/mol. The van der Waals surface area contributed by atoms with E-state index in [-0.39, 0.29) is 11.9 Å². The number of hydrogen-bond acceptors (Lipinski definition) is 3. The molecule has 0 radical (unpaired) electrons. The number of rotatable bonds is 2. The van der Waals surface area contributed by atoms with Gasteiger partial charge in [-0.3, -0.25) is 14.5 Å². The average Bonchev–Trinajstić information content (AvgIpc) is 3.10. The standard InChI is InChI=1S/C22H26N4O/c1-14-8-9-17-18(13-15(2)23-21(17)16(14)3)22(27)26-11-6-5-7-20(26)19-10-12-25(4)24-19/h8-10,12-13,20H,5-7,11H2,1-4H3/t20-/m1/s1. The van der Waals surface area contributed by atoms with Crippen LogP contribution in [0.5, 0.6) is 0 Å². The van der Waals surface area contributed by atoms with E-state index in [0.717, 1.165) is 59.2 Å². The summed E-state index contributed by atoms with van der Waals surface area (Å²) < 4.78 is 1.81. The highest BCUT2D eigenvalue weighted by atomic mass is 16.2. The van der Waals surface area contributed by atoms with Crippen molar-refractivity contribution < 1.29 is 4.79 Å². The lowest BCUT2D eigenvalue weighted by molar-refractivity contribution is 0.0607. The maximum absolute atomic E-state index is 13.6. The lowest BCUT2D eigenvalue weighted by atomic mass is 9.96. The fourth-order valence-corrected chi connectivity index (χ4v) is 4.08. The summed E-state index contributed by atoms with van der Waals surface area (Å²) in [6.45, 7) is 6.90. The highest BCUT2D eigenvalue weighted by molar-refractivity contribution is 6.07. The van der Waals surface area contributed by atoms with Gasteiger partial charge in [0.1, 0.15) is 0 Å². The van der Waals surface area contributed by atoms with Gasteiger partial charge in [-0.2, -0.15) is 5.10 Å². The van der Waals surface area contributed by atoms with Gasteiger partial charge >= 0.3 is 0 Å². The molecule has 0 bridgehead atoms. The smallest absolute Gasteiger partial charge is 0.255 e. The number of carbonyl (C=O) groups is 1. The van der Waals surface area contributed by atoms with Crippen LogP contribution in [-0.2, 0) is 7.05 Å². The van der Waals surface area contributed by atoms with Gasteiger partial charge in [0.25, 0.3) is 5.91 Å². The van der Waals surface area contributed by atoms with Gasteiger partial charge in [0.2, 0.25) is 0 Å². The lowest BCUT2D eigenvalue weighted by Gasteiger charge is -2.35. The molecule has 4 rings (SSSR count). The Labute approximate surface area is 160 Å². The van der Waals surface area contributed by atoms with Crippen LogP contribution in [-0.4, -0.2) is 32.1 Å². The molecule has 1 aromatic carbocycles. The van der Waals surface area contributed by atoms with Crippen molar-refractivity contribution in [2.75, 3.05) is 6.54 Å². The topological polar surface area (TPSA) is 51.0 Å². The van der Waals surface area contributed by atoms with Gasteiger partial charge in [0, 0.05) is 30.9 Å². The monoisotopic (exact) mass is 362 g/mol. The molecule has 27 heavy (non-hydrogen) atoms. The number of aromatic nitrogens is 3. The van der Waals surface area contributed by atoms with Crippen LogP contribution >= 0.6 is 0 Å². The molecule has 2 aromatic heterocycles. The Bertz CT molecular complexity index is 1020. The predicted molar refractivity (Wildman–Crippen MR) is 107 cm³/mol. The second-order valence-electron chi connectivity index (χ2n) is 7.64. The first-order chi connectivity index (χ1) is 13.0. The maximum atomic E-state index is 13.6. The molecular weight excluding hydrogens is 336 g/mol. The van der Waals surface area contributed by atoms with E-state index >= 15 is 0 Å². The molecule has 3 heterocycles. The van der Waals surface area contributed by atoms with Gasteiger partial charge in [0.15, 0.2) is 0 Å². The van der Waals surface area contributed by atoms with Crippen LogP contribution in [0.3, 0.4) is 0 Å². The summed E-state index contributed by atoms with van der Waals surface area (Å²) in [4.78, 5) is 20.3. The van der Waals surface area contributed by atoms with Gasteiger partial charge < -0.3 is 4.90 Å². The van der Waals surface area contributed by atoms with Crippen molar-refractivity contribution in [2.45, 2.75) is 46.1 Å². The van der Waals surface area contributed by atoms with Crippen molar-refractivity contribution in [3.63, 3.8) is 0 Å². The first-order valence-corrected chi connectivity index (χ1v) is 9.64. The van der Waals surface area contributed by atoms with Gasteiger partial charge in [-0.1, -0.05) is 12.1 Å². The predicted octanol–water partition coefficient (Wildman–Crippen LogP) is 4.26. The molecule has 1 atom stereocenters. The quantitative estimate of drug-likeness (QED) is 0.684. The number of amides is 1. The maximum Gasteiger partial charge on any atom is 0.255 e. The summed E-state index contributed by atoms with van der Waals surface area (Å²) in [6, 6.07) is 8.13. The van der Waals surface area contributed by atoms with Crippen LogP contribution in [0.15, 0.2) is 30.5 Å². The number of pyridine rings is 1. The molecule has 5 heteroatoms. The second-order valence-corrected chi connectivity index (χ2v) is 7.64. The van der Waals surface area contributed by atoms with Crippen molar-refractivity contribution >= 4 is 16.8 Å². The molecular formula is C22H26N4O. The van der Waals surface area contributed by atoms with E-state index in [9.17, 15) is 4.79 Å². The van der Waals surface area contributed by atoms with E-state index in [0.29, 0.717) is 0 Å². The summed E-state index contributed by atoms with van der Waals surface area (Å²) in [5.74, 6) is 0.0871. The van der Waals surface area contributed by atoms with Crippen molar-refractivity contribution in [3.05, 3.63) is 58.5 Å². The molecule has 5 nitrogen and oxygen atoms in total. The molecule has 140 valence electrons. The van der Waals surface area contributed by atoms with Gasteiger partial charge in [-0.25, -0.2) is 0 Å². The molecule has 1 amide bonds. The zero-order valence-corrected chi connectivity index (χ0v) is 16.5. The molecule has 1 aliphatic rings. The Morgan fingerprint density at radius 1 is 1.15 bits per heavy atom. The largest absolute Gasteiger partial charge is 0.330 e. The fourth-order valence-electron chi connectivity index (χ4n) is 4.08. The van der Waals surface area contributed by atoms with Crippen molar-refractivity contribution in [3.8, 4) is 0 Å². The molecule has 0 aliphatic carbocycles. The SMILES string of the molecule is Cc1cc(C(=O)N2CCCC[C@@H]2c2ccn(C)n2)c2ccc(C)c(C)c2n1. The Morgan fingerprint density at radius 2 is 1.96 bits per heavy atom. The first kappa shape index (κ1) is 17.7. The molecule has 0 spiro atoms. The number of piperidine rings is 1. The molecule has 1 fully saturated rings. The Balaban J connectivity index is 1.80. The zero-order chi connectivity index (χ0) is 19.1. The van der Waals surface area contributed by atoms with Crippen LogP contribution in [0.4, 0.5) is 0 Å². The molecule has 1 aliphatic heterocycles. The summed E-state index contributed by atoms with van der Waals surface area (Å²) in [5, 5.41) is 5.52. The van der Waals surface area contributed by atoms with Gasteiger partial charge in [-0.05, 0) is 63.3 Å². The second kappa shape index (κ2) is 6.80. The van der Waals surface area contributed by atoms with E-state index in [1.54, 1.807) is 0 Å². The lowest BCUT2D eigenvalue weighted by Crippen LogP contribution is -2.39. The summed E-state index contributed by atoms with van der Waals surface area (Å²) in [7, 11) is 1.92. The van der Waals surface area contributed by atoms with E-state index in [4.69, 9.17) is 4.98 Å². The van der Waals surface area contributed by atoms with Crippen LogP contribution in [0, 0.1) is 20.8 Å². The highest BCUT2D eigenvalue weighted by Gasteiger charge is 2.31. The first-order valence-electron chi connectivity index (χ1n) is 9.64. The molecule has 1 saturated heterocycles. The van der Waals surface area contributed by atoms with Gasteiger partial charge in [0.05, 0.1) is 22.8 Å². The molecule has 0 saturated carbocycles. The van der Waals surface area contributed by atoms with E-state index < -0.39 is 0 Å². The minimum absolute atomic E-state index is 0.0440. The van der Waals surface area contributed by atoms with Crippen LogP contribution in [0.1, 0.15) is 58.2 Å². The number of aryl methyl sites for hydroxylation is 4. The van der Waals surface area contributed by atoms with E-state index in [1.807, 2.05) is 47.9 Å². The molecule has 0 unspecified atom stereocenters. The van der Waals surface area contributed by atoms with Gasteiger partial charge in [-0.15, -0.1) is 0 Å². The summed E-state index contributed by atoms with van der Waals surface area (Å²) in [6.07, 6.45) is 5.07. The third kappa shape index (κ3) is 3.11. The highest BCUT2D eigenvalue weighted by Crippen LogP contribution is 2.33. The number of nitrogens with zero attached hydrogens (tertiary/aromatic N) is 4. The Hall–Kier alpha value is -2.69. The van der Waals surface area contributed by atoms with Crippen LogP contribution in [0.25, 0.3) is 10.9 Å². The van der Waals surface area contributed by atoms with Crippen molar-refractivity contribution in [2.24, 2.45) is 7.05 Å². The van der Waals surface area contributed by atoms with E-state index in [1.165, 1.54) is 5.56 Å². The normalized spacial score (nSPS) is 17.5. The Kier molecular flexibility index (Phi) is 4.46. The molecule has 0 N–H and O–H groups in total. The van der Waals surface area contributed by atoms with Crippen LogP contribution < -0.4 is 0 Å². The number of fused-ring (bicyclic) bond motifs is 1. The number of benzene rings is 1. The summed E-state index contributed by atoms with van der Waals surface area (Å²) >= 11 is 0. The summed E-state index contributed by atoms with van der Waals surface area (Å²) in [5.41, 5.74) is 5.89. The van der Waals surface area contributed by atoms with Crippen molar-refractivity contribution in [1.82, 2.24) is 19.7 Å². The van der Waals surface area contributed by atoms with E-state index in [2.05, 4.69) is 25.0 Å². The minimum Gasteiger partial charge on any atom is -0.330 e. The minimum atomic E-state index is 0.0440. The number of likely N-dealkylation sites (tertiary alicyclic amines) is 1. The molecule has 3 aromatic rings.